The van der Waals surface area contributed by atoms with Crippen LogP contribution in [0.15, 0.2) is 36.5 Å². The van der Waals surface area contributed by atoms with Gasteiger partial charge in [0.1, 0.15) is 6.61 Å². The summed E-state index contributed by atoms with van der Waals surface area (Å²) < 4.78 is 11.1. The molecule has 0 saturated heterocycles. The van der Waals surface area contributed by atoms with Gasteiger partial charge in [-0.25, -0.2) is 4.98 Å². The van der Waals surface area contributed by atoms with Gasteiger partial charge in [-0.1, -0.05) is 18.2 Å². The van der Waals surface area contributed by atoms with Gasteiger partial charge in [0.05, 0.1) is 17.8 Å². The van der Waals surface area contributed by atoms with Crippen LogP contribution in [0.2, 0.25) is 0 Å². The van der Waals surface area contributed by atoms with Crippen molar-refractivity contribution < 1.29 is 14.3 Å². The maximum absolute atomic E-state index is 12.4. The molecule has 25 heavy (non-hydrogen) atoms. The van der Waals surface area contributed by atoms with Crippen LogP contribution in [-0.4, -0.2) is 29.7 Å². The second-order valence-corrected chi connectivity index (χ2v) is 6.92. The van der Waals surface area contributed by atoms with Crippen molar-refractivity contribution in [1.82, 2.24) is 4.98 Å². The normalized spacial score (nSPS) is 11.2. The molecule has 0 aliphatic heterocycles. The number of para-hydroxylation sites is 1. The fraction of sp³-hybridized carbons (Fsp3) is 0.400. The van der Waals surface area contributed by atoms with Crippen LogP contribution in [0.4, 0.5) is 5.69 Å². The largest absolute Gasteiger partial charge is 0.475 e. The molecule has 134 valence electrons. The standard InChI is InChI=1S/C20H26N2O3/c1-14-7-6-8-15(2)18(14)22-19(23)16-9-10-17(21-13-16)24-11-12-25-20(3,4)5/h6-10,13H,11-12H2,1-5H3,(H,22,23). The first-order valence-electron chi connectivity index (χ1n) is 8.36. The summed E-state index contributed by atoms with van der Waals surface area (Å²) in [6.07, 6.45) is 1.52. The molecular weight excluding hydrogens is 316 g/mol. The number of carbonyl (C=O) groups is 1. The van der Waals surface area contributed by atoms with Gasteiger partial charge >= 0.3 is 0 Å². The van der Waals surface area contributed by atoms with Crippen LogP contribution in [0, 0.1) is 13.8 Å². The molecule has 2 rings (SSSR count). The van der Waals surface area contributed by atoms with Crippen molar-refractivity contribution in [2.24, 2.45) is 0 Å². The van der Waals surface area contributed by atoms with E-state index >= 15 is 0 Å². The minimum Gasteiger partial charge on any atom is -0.475 e. The van der Waals surface area contributed by atoms with Crippen LogP contribution in [0.1, 0.15) is 42.3 Å². The van der Waals surface area contributed by atoms with E-state index in [1.165, 1.54) is 6.20 Å². The third-order valence-electron chi connectivity index (χ3n) is 3.59. The van der Waals surface area contributed by atoms with E-state index in [1.54, 1.807) is 12.1 Å². The van der Waals surface area contributed by atoms with E-state index in [1.807, 2.05) is 52.8 Å². The number of hydrogen-bond acceptors (Lipinski definition) is 4. The molecule has 0 aliphatic carbocycles. The molecule has 1 aromatic heterocycles. The summed E-state index contributed by atoms with van der Waals surface area (Å²) in [6, 6.07) is 9.30. The van der Waals surface area contributed by atoms with E-state index in [0.29, 0.717) is 24.7 Å². The van der Waals surface area contributed by atoms with E-state index in [2.05, 4.69) is 10.3 Å². The Balaban J connectivity index is 1.92. The number of pyridine rings is 1. The number of ether oxygens (including phenoxy) is 2. The van der Waals surface area contributed by atoms with E-state index in [0.717, 1.165) is 16.8 Å². The average Bonchev–Trinajstić information content (AvgIpc) is 2.55. The zero-order valence-corrected chi connectivity index (χ0v) is 15.6. The monoisotopic (exact) mass is 342 g/mol. The summed E-state index contributed by atoms with van der Waals surface area (Å²) in [7, 11) is 0. The van der Waals surface area contributed by atoms with Gasteiger partial charge in [-0.2, -0.15) is 0 Å². The summed E-state index contributed by atoms with van der Waals surface area (Å²) in [6.45, 7) is 10.8. The molecule has 1 heterocycles. The fourth-order valence-electron chi connectivity index (χ4n) is 2.29. The number of aryl methyl sites for hydroxylation is 2. The third kappa shape index (κ3) is 5.87. The molecule has 5 heteroatoms. The van der Waals surface area contributed by atoms with E-state index < -0.39 is 0 Å². The highest BCUT2D eigenvalue weighted by molar-refractivity contribution is 6.04. The van der Waals surface area contributed by atoms with Crippen LogP contribution in [0.3, 0.4) is 0 Å². The molecule has 2 aromatic rings. The molecule has 0 aliphatic rings. The minimum atomic E-state index is -0.188. The molecule has 5 nitrogen and oxygen atoms in total. The molecule has 0 saturated carbocycles. The number of hydrogen-bond donors (Lipinski definition) is 1. The molecule has 1 aromatic carbocycles. The predicted octanol–water partition coefficient (Wildman–Crippen LogP) is 4.14. The average molecular weight is 342 g/mol. The Morgan fingerprint density at radius 1 is 1.08 bits per heavy atom. The Morgan fingerprint density at radius 3 is 2.32 bits per heavy atom. The first kappa shape index (κ1) is 18.9. The lowest BCUT2D eigenvalue weighted by atomic mass is 10.1. The second-order valence-electron chi connectivity index (χ2n) is 6.92. The quantitative estimate of drug-likeness (QED) is 0.801. The second kappa shape index (κ2) is 8.12. The highest BCUT2D eigenvalue weighted by atomic mass is 16.5. The van der Waals surface area contributed by atoms with Crippen molar-refractivity contribution in [3.63, 3.8) is 0 Å². The Labute approximate surface area is 149 Å². The van der Waals surface area contributed by atoms with Crippen molar-refractivity contribution in [2.45, 2.75) is 40.2 Å². The number of anilines is 1. The molecule has 0 radical (unpaired) electrons. The van der Waals surface area contributed by atoms with Gasteiger partial charge in [-0.15, -0.1) is 0 Å². The fourth-order valence-corrected chi connectivity index (χ4v) is 2.29. The van der Waals surface area contributed by atoms with Crippen molar-refractivity contribution in [2.75, 3.05) is 18.5 Å². The van der Waals surface area contributed by atoms with E-state index in [9.17, 15) is 4.79 Å². The highest BCUT2D eigenvalue weighted by Crippen LogP contribution is 2.20. The van der Waals surface area contributed by atoms with Gasteiger partial charge < -0.3 is 14.8 Å². The maximum atomic E-state index is 12.4. The Morgan fingerprint density at radius 2 is 1.76 bits per heavy atom. The number of nitrogens with one attached hydrogen (secondary N) is 1. The van der Waals surface area contributed by atoms with E-state index in [-0.39, 0.29) is 11.5 Å². The van der Waals surface area contributed by atoms with Gasteiger partial charge in [0.15, 0.2) is 0 Å². The molecule has 0 fully saturated rings. The molecule has 1 amide bonds. The molecular formula is C20H26N2O3. The summed E-state index contributed by atoms with van der Waals surface area (Å²) in [5, 5.41) is 2.94. The van der Waals surface area contributed by atoms with Gasteiger partial charge in [0.2, 0.25) is 5.88 Å². The zero-order valence-electron chi connectivity index (χ0n) is 15.6. The number of carbonyl (C=O) groups excluding carboxylic acids is 1. The Hall–Kier alpha value is -2.40. The molecule has 0 bridgehead atoms. The number of benzene rings is 1. The number of rotatable bonds is 6. The summed E-state index contributed by atoms with van der Waals surface area (Å²) in [5.74, 6) is 0.286. The third-order valence-corrected chi connectivity index (χ3v) is 3.59. The van der Waals surface area contributed by atoms with E-state index in [4.69, 9.17) is 9.47 Å². The number of aromatic nitrogens is 1. The predicted molar refractivity (Wildman–Crippen MR) is 99.3 cm³/mol. The van der Waals surface area contributed by atoms with Crippen molar-refractivity contribution in [1.29, 1.82) is 0 Å². The topological polar surface area (TPSA) is 60.5 Å². The van der Waals surface area contributed by atoms with Crippen molar-refractivity contribution in [3.05, 3.63) is 53.2 Å². The first-order chi connectivity index (χ1) is 11.8. The first-order valence-corrected chi connectivity index (χ1v) is 8.36. The van der Waals surface area contributed by atoms with Crippen LogP contribution in [0.5, 0.6) is 5.88 Å². The molecule has 0 unspecified atom stereocenters. The lowest BCUT2D eigenvalue weighted by Crippen LogP contribution is -2.22. The van der Waals surface area contributed by atoms with Crippen molar-refractivity contribution >= 4 is 11.6 Å². The maximum Gasteiger partial charge on any atom is 0.257 e. The Bertz CT molecular complexity index is 698. The molecule has 1 N–H and O–H groups in total. The van der Waals surface area contributed by atoms with Gasteiger partial charge in [-0.3, -0.25) is 4.79 Å². The number of nitrogens with zero attached hydrogens (tertiary/aromatic N) is 1. The summed E-state index contributed by atoms with van der Waals surface area (Å²) >= 11 is 0. The van der Waals surface area contributed by atoms with Crippen LogP contribution in [0.25, 0.3) is 0 Å². The zero-order chi connectivity index (χ0) is 18.4. The smallest absolute Gasteiger partial charge is 0.257 e. The molecule has 0 atom stereocenters. The lowest BCUT2D eigenvalue weighted by molar-refractivity contribution is -0.0168. The molecule has 0 spiro atoms. The van der Waals surface area contributed by atoms with Crippen LogP contribution in [-0.2, 0) is 4.74 Å². The van der Waals surface area contributed by atoms with Gasteiger partial charge in [-0.05, 0) is 51.8 Å². The highest BCUT2D eigenvalue weighted by Gasteiger charge is 2.11. The summed E-state index contributed by atoms with van der Waals surface area (Å²) in [5.41, 5.74) is 3.19. The minimum absolute atomic E-state index is 0.187. The SMILES string of the molecule is Cc1cccc(C)c1NC(=O)c1ccc(OCCOC(C)(C)C)nc1. The van der Waals surface area contributed by atoms with Crippen molar-refractivity contribution in [3.8, 4) is 5.88 Å². The van der Waals surface area contributed by atoms with Gasteiger partial charge in [0.25, 0.3) is 5.91 Å². The van der Waals surface area contributed by atoms with Crippen LogP contribution >= 0.6 is 0 Å². The van der Waals surface area contributed by atoms with Gasteiger partial charge in [0, 0.05) is 18.0 Å². The summed E-state index contributed by atoms with van der Waals surface area (Å²) in [4.78, 5) is 16.6. The van der Waals surface area contributed by atoms with Crippen LogP contribution < -0.4 is 10.1 Å². The lowest BCUT2D eigenvalue weighted by Gasteiger charge is -2.19. The number of amides is 1. The Kier molecular flexibility index (Phi) is 6.15.